The molecule has 0 aliphatic rings. The molecule has 0 saturated heterocycles. The van der Waals surface area contributed by atoms with Gasteiger partial charge in [-0.05, 0) is 31.5 Å². The maximum Gasteiger partial charge on any atom is 0.408 e. The lowest BCUT2D eigenvalue weighted by Gasteiger charge is -2.17. The number of nitrogens with one attached hydrogen (secondary N) is 2. The van der Waals surface area contributed by atoms with Crippen LogP contribution in [-0.2, 0) is 30.5 Å². The molecule has 0 aromatic heterocycles. The van der Waals surface area contributed by atoms with E-state index in [-0.39, 0.29) is 13.2 Å². The van der Waals surface area contributed by atoms with Crippen LogP contribution >= 0.6 is 0 Å². The molecule has 0 bridgehead atoms. The van der Waals surface area contributed by atoms with E-state index in [1.54, 1.807) is 24.3 Å². The van der Waals surface area contributed by atoms with Crippen LogP contribution in [0.1, 0.15) is 26.3 Å². The lowest BCUT2D eigenvalue weighted by atomic mass is 10.2. The Hall–Kier alpha value is -3.36. The van der Waals surface area contributed by atoms with Crippen LogP contribution < -0.4 is 15.4 Å². The maximum atomic E-state index is 12.0. The number of esters is 2. The third-order valence-corrected chi connectivity index (χ3v) is 3.34. The third kappa shape index (κ3) is 8.35. The molecule has 9 nitrogen and oxygen atoms in total. The van der Waals surface area contributed by atoms with Gasteiger partial charge in [0.15, 0.2) is 0 Å². The summed E-state index contributed by atoms with van der Waals surface area (Å²) in [6.45, 7) is 7.64. The fourth-order valence-electron chi connectivity index (χ4n) is 1.92. The van der Waals surface area contributed by atoms with Crippen molar-refractivity contribution in [2.24, 2.45) is 0 Å². The van der Waals surface area contributed by atoms with E-state index in [0.717, 1.165) is 0 Å². The molecule has 0 unspecified atom stereocenters. The van der Waals surface area contributed by atoms with Gasteiger partial charge in [-0.15, -0.1) is 0 Å². The SMILES string of the molecule is C=CCOC(=O)[C@H](C)NC(=O)[C@H](C)NC(=O)OCc1ccc(OC(C)=O)cc1. The molecule has 0 aliphatic heterocycles. The van der Waals surface area contributed by atoms with Gasteiger partial charge in [0.1, 0.15) is 31.0 Å². The first-order chi connectivity index (χ1) is 13.2. The molecule has 0 spiro atoms. The van der Waals surface area contributed by atoms with E-state index < -0.39 is 36.0 Å². The molecule has 9 heteroatoms. The first kappa shape index (κ1) is 22.7. The molecule has 1 aromatic carbocycles. The van der Waals surface area contributed by atoms with Crippen LogP contribution in [0.25, 0.3) is 0 Å². The summed E-state index contributed by atoms with van der Waals surface area (Å²) in [5.74, 6) is -1.23. The lowest BCUT2D eigenvalue weighted by Crippen LogP contribution is -2.49. The second-order valence-electron chi connectivity index (χ2n) is 5.83. The van der Waals surface area contributed by atoms with E-state index in [4.69, 9.17) is 14.2 Å². The molecule has 0 radical (unpaired) electrons. The first-order valence-electron chi connectivity index (χ1n) is 8.51. The number of benzene rings is 1. The Morgan fingerprint density at radius 3 is 2.25 bits per heavy atom. The van der Waals surface area contributed by atoms with Crippen molar-refractivity contribution in [1.82, 2.24) is 10.6 Å². The largest absolute Gasteiger partial charge is 0.460 e. The first-order valence-corrected chi connectivity index (χ1v) is 8.51. The standard InChI is InChI=1S/C19H24N2O7/c1-5-10-26-18(24)13(3)20-17(23)12(2)21-19(25)27-11-15-6-8-16(9-7-15)28-14(4)22/h5-9,12-13H,1,10-11H2,2-4H3,(H,20,23)(H,21,25)/t12-,13-/m0/s1. The highest BCUT2D eigenvalue weighted by Crippen LogP contribution is 2.13. The average Bonchev–Trinajstić information content (AvgIpc) is 2.64. The fraction of sp³-hybridized carbons (Fsp3) is 0.368. The number of alkyl carbamates (subject to hydrolysis) is 1. The van der Waals surface area contributed by atoms with E-state index >= 15 is 0 Å². The topological polar surface area (TPSA) is 120 Å². The summed E-state index contributed by atoms with van der Waals surface area (Å²) in [5, 5.41) is 4.79. The average molecular weight is 392 g/mol. The minimum atomic E-state index is -0.923. The van der Waals surface area contributed by atoms with Gasteiger partial charge in [0.05, 0.1) is 0 Å². The Balaban J connectivity index is 2.40. The van der Waals surface area contributed by atoms with Crippen molar-refractivity contribution in [3.63, 3.8) is 0 Å². The van der Waals surface area contributed by atoms with Gasteiger partial charge >= 0.3 is 18.0 Å². The lowest BCUT2D eigenvalue weighted by molar-refractivity contribution is -0.146. The van der Waals surface area contributed by atoms with Gasteiger partial charge in [-0.3, -0.25) is 9.59 Å². The van der Waals surface area contributed by atoms with Crippen LogP contribution in [0.5, 0.6) is 5.75 Å². The van der Waals surface area contributed by atoms with Crippen LogP contribution in [0.3, 0.4) is 0 Å². The zero-order valence-corrected chi connectivity index (χ0v) is 16.0. The van der Waals surface area contributed by atoms with Crippen LogP contribution in [0, 0.1) is 0 Å². The predicted octanol–water partition coefficient (Wildman–Crippen LogP) is 1.46. The van der Waals surface area contributed by atoms with Gasteiger partial charge in [0.25, 0.3) is 0 Å². The predicted molar refractivity (Wildman–Crippen MR) is 99.3 cm³/mol. The quantitative estimate of drug-likeness (QED) is 0.371. The van der Waals surface area contributed by atoms with Crippen molar-refractivity contribution in [3.05, 3.63) is 42.5 Å². The molecule has 0 fully saturated rings. The van der Waals surface area contributed by atoms with E-state index in [0.29, 0.717) is 11.3 Å². The number of amides is 2. The highest BCUT2D eigenvalue weighted by atomic mass is 16.6. The van der Waals surface area contributed by atoms with Crippen molar-refractivity contribution < 1.29 is 33.4 Å². The van der Waals surface area contributed by atoms with Gasteiger partial charge in [0.2, 0.25) is 5.91 Å². The van der Waals surface area contributed by atoms with Crippen molar-refractivity contribution in [2.75, 3.05) is 6.61 Å². The van der Waals surface area contributed by atoms with Crippen molar-refractivity contribution in [3.8, 4) is 5.75 Å². The zero-order valence-electron chi connectivity index (χ0n) is 16.0. The molecule has 152 valence electrons. The highest BCUT2D eigenvalue weighted by Gasteiger charge is 2.22. The fourth-order valence-corrected chi connectivity index (χ4v) is 1.92. The van der Waals surface area contributed by atoms with Gasteiger partial charge in [-0.25, -0.2) is 9.59 Å². The van der Waals surface area contributed by atoms with Crippen LogP contribution in [0.15, 0.2) is 36.9 Å². The second kappa shape index (κ2) is 11.4. The molecule has 0 saturated carbocycles. The molecule has 1 rings (SSSR count). The van der Waals surface area contributed by atoms with Crippen LogP contribution in [0.2, 0.25) is 0 Å². The summed E-state index contributed by atoms with van der Waals surface area (Å²) < 4.78 is 14.8. The number of carbonyl (C=O) groups is 4. The minimum absolute atomic E-state index is 0.0369. The van der Waals surface area contributed by atoms with E-state index in [9.17, 15) is 19.2 Å². The molecular formula is C19H24N2O7. The number of rotatable bonds is 9. The Bertz CT molecular complexity index is 715. The Kier molecular flexibility index (Phi) is 9.21. The van der Waals surface area contributed by atoms with E-state index in [1.165, 1.54) is 26.8 Å². The Morgan fingerprint density at radius 1 is 1.04 bits per heavy atom. The smallest absolute Gasteiger partial charge is 0.408 e. The van der Waals surface area contributed by atoms with Gasteiger partial charge in [-0.2, -0.15) is 0 Å². The van der Waals surface area contributed by atoms with Crippen molar-refractivity contribution in [1.29, 1.82) is 0 Å². The zero-order chi connectivity index (χ0) is 21.1. The van der Waals surface area contributed by atoms with Gasteiger partial charge in [-0.1, -0.05) is 24.8 Å². The normalized spacial score (nSPS) is 12.1. The van der Waals surface area contributed by atoms with Crippen LogP contribution in [-0.4, -0.2) is 42.6 Å². The number of hydrogen-bond acceptors (Lipinski definition) is 7. The monoisotopic (exact) mass is 392 g/mol. The molecule has 0 aliphatic carbocycles. The summed E-state index contributed by atoms with van der Waals surface area (Å²) in [6.07, 6.45) is 0.616. The second-order valence-corrected chi connectivity index (χ2v) is 5.83. The number of hydrogen-bond donors (Lipinski definition) is 2. The minimum Gasteiger partial charge on any atom is -0.460 e. The molecular weight excluding hydrogens is 368 g/mol. The number of carbonyl (C=O) groups excluding carboxylic acids is 4. The molecule has 0 heterocycles. The van der Waals surface area contributed by atoms with Crippen LogP contribution in [0.4, 0.5) is 4.79 Å². The Labute approximate surface area is 163 Å². The van der Waals surface area contributed by atoms with Crippen molar-refractivity contribution in [2.45, 2.75) is 39.5 Å². The molecule has 28 heavy (non-hydrogen) atoms. The summed E-state index contributed by atoms with van der Waals surface area (Å²) in [4.78, 5) is 46.3. The summed E-state index contributed by atoms with van der Waals surface area (Å²) in [7, 11) is 0. The van der Waals surface area contributed by atoms with Crippen molar-refractivity contribution >= 4 is 23.9 Å². The van der Waals surface area contributed by atoms with Gasteiger partial charge < -0.3 is 24.8 Å². The maximum absolute atomic E-state index is 12.0. The third-order valence-electron chi connectivity index (χ3n) is 3.34. The van der Waals surface area contributed by atoms with Gasteiger partial charge in [0, 0.05) is 6.92 Å². The summed E-state index contributed by atoms with van der Waals surface area (Å²) in [5.41, 5.74) is 0.668. The molecule has 2 amide bonds. The highest BCUT2D eigenvalue weighted by molar-refractivity contribution is 5.89. The Morgan fingerprint density at radius 2 is 1.68 bits per heavy atom. The molecule has 2 N–H and O–H groups in total. The van der Waals surface area contributed by atoms with E-state index in [1.807, 2.05) is 0 Å². The number of ether oxygens (including phenoxy) is 3. The molecule has 1 aromatic rings. The summed E-state index contributed by atoms with van der Waals surface area (Å²) in [6, 6.07) is 4.62. The van der Waals surface area contributed by atoms with E-state index in [2.05, 4.69) is 17.2 Å². The molecule has 2 atom stereocenters. The summed E-state index contributed by atoms with van der Waals surface area (Å²) >= 11 is 0.